The van der Waals surface area contributed by atoms with Crippen molar-refractivity contribution < 1.29 is 14.3 Å². The Labute approximate surface area is 101 Å². The van der Waals surface area contributed by atoms with E-state index in [2.05, 4.69) is 0 Å². The van der Waals surface area contributed by atoms with Crippen LogP contribution in [-0.4, -0.2) is 48.9 Å². The summed E-state index contributed by atoms with van der Waals surface area (Å²) in [5.41, 5.74) is 5.37. The molecule has 2 heterocycles. The Morgan fingerprint density at radius 1 is 1.29 bits per heavy atom. The van der Waals surface area contributed by atoms with Crippen molar-refractivity contribution in [1.29, 1.82) is 0 Å². The van der Waals surface area contributed by atoms with E-state index < -0.39 is 0 Å². The molecule has 5 nitrogen and oxygen atoms in total. The maximum atomic E-state index is 12.0. The van der Waals surface area contributed by atoms with Crippen LogP contribution < -0.4 is 5.73 Å². The summed E-state index contributed by atoms with van der Waals surface area (Å²) in [6.07, 6.45) is 3.65. The lowest BCUT2D eigenvalue weighted by atomic mass is 9.98. The van der Waals surface area contributed by atoms with Gasteiger partial charge in [-0.3, -0.25) is 14.5 Å². The summed E-state index contributed by atoms with van der Waals surface area (Å²) in [6, 6.07) is -0.255. The van der Waals surface area contributed by atoms with Crippen LogP contribution in [0, 0.1) is 5.92 Å². The van der Waals surface area contributed by atoms with Gasteiger partial charge in [0.2, 0.25) is 5.91 Å². The second kappa shape index (κ2) is 5.60. The van der Waals surface area contributed by atoms with Crippen LogP contribution in [0.5, 0.6) is 0 Å². The predicted molar refractivity (Wildman–Crippen MR) is 62.3 cm³/mol. The summed E-state index contributed by atoms with van der Waals surface area (Å²) in [7, 11) is 0. The standard InChI is InChI=1S/C12H20N2O3/c13-12(16)10-3-1-2-5-14(10)7-11(15)9-4-6-17-8-9/h9-10H,1-8H2,(H2,13,16). The third kappa shape index (κ3) is 3.04. The molecule has 0 radical (unpaired) electrons. The van der Waals surface area contributed by atoms with Crippen LogP contribution in [0.15, 0.2) is 0 Å². The molecule has 1 amide bonds. The second-order valence-corrected chi connectivity index (χ2v) is 4.91. The maximum Gasteiger partial charge on any atom is 0.234 e. The first-order valence-corrected chi connectivity index (χ1v) is 6.32. The fourth-order valence-electron chi connectivity index (χ4n) is 2.62. The molecule has 0 bridgehead atoms. The molecule has 2 unspecified atom stereocenters. The Morgan fingerprint density at radius 3 is 2.76 bits per heavy atom. The first kappa shape index (κ1) is 12.5. The number of ketones is 1. The number of primary amides is 1. The molecule has 5 heteroatoms. The Kier molecular flexibility index (Phi) is 4.12. The second-order valence-electron chi connectivity index (χ2n) is 4.91. The number of amides is 1. The smallest absolute Gasteiger partial charge is 0.234 e. The van der Waals surface area contributed by atoms with Crippen molar-refractivity contribution in [3.05, 3.63) is 0 Å². The van der Waals surface area contributed by atoms with Gasteiger partial charge in [0.1, 0.15) is 0 Å². The van der Waals surface area contributed by atoms with Crippen molar-refractivity contribution in [1.82, 2.24) is 4.90 Å². The highest BCUT2D eigenvalue weighted by molar-refractivity contribution is 5.85. The molecule has 96 valence electrons. The zero-order chi connectivity index (χ0) is 12.3. The van der Waals surface area contributed by atoms with Gasteiger partial charge in [0.25, 0.3) is 0 Å². The molecule has 2 aliphatic rings. The lowest BCUT2D eigenvalue weighted by Crippen LogP contribution is -2.50. The van der Waals surface area contributed by atoms with Gasteiger partial charge in [-0.1, -0.05) is 6.42 Å². The summed E-state index contributed by atoms with van der Waals surface area (Å²) < 4.78 is 5.21. The van der Waals surface area contributed by atoms with Crippen LogP contribution in [0.3, 0.4) is 0 Å². The summed E-state index contributed by atoms with van der Waals surface area (Å²) in [5.74, 6) is -0.0960. The number of carbonyl (C=O) groups is 2. The van der Waals surface area contributed by atoms with Crippen molar-refractivity contribution in [2.24, 2.45) is 11.7 Å². The minimum absolute atomic E-state index is 0.0189. The number of nitrogens with zero attached hydrogens (tertiary/aromatic N) is 1. The van der Waals surface area contributed by atoms with Crippen molar-refractivity contribution in [2.45, 2.75) is 31.7 Å². The number of Topliss-reactive ketones (excluding diaryl/α,β-unsaturated/α-hetero) is 1. The zero-order valence-corrected chi connectivity index (χ0v) is 10.1. The minimum Gasteiger partial charge on any atom is -0.381 e. The lowest BCUT2D eigenvalue weighted by Gasteiger charge is -2.33. The first-order valence-electron chi connectivity index (χ1n) is 6.32. The average Bonchev–Trinajstić information content (AvgIpc) is 2.83. The molecule has 17 heavy (non-hydrogen) atoms. The van der Waals surface area contributed by atoms with Gasteiger partial charge in [-0.05, 0) is 25.8 Å². The number of piperidine rings is 1. The van der Waals surface area contributed by atoms with Gasteiger partial charge in [0, 0.05) is 12.5 Å². The number of hydrogen-bond donors (Lipinski definition) is 1. The van der Waals surface area contributed by atoms with Crippen LogP contribution in [-0.2, 0) is 14.3 Å². The van der Waals surface area contributed by atoms with E-state index in [-0.39, 0.29) is 23.7 Å². The van der Waals surface area contributed by atoms with Gasteiger partial charge < -0.3 is 10.5 Å². The third-order valence-corrected chi connectivity index (χ3v) is 3.69. The number of rotatable bonds is 4. The Morgan fingerprint density at radius 2 is 2.12 bits per heavy atom. The Bertz CT molecular complexity index is 300. The normalized spacial score (nSPS) is 30.4. The summed E-state index contributed by atoms with van der Waals surface area (Å²) in [6.45, 7) is 2.36. The number of likely N-dealkylation sites (tertiary alicyclic amines) is 1. The summed E-state index contributed by atoms with van der Waals surface area (Å²) in [4.78, 5) is 25.3. The van der Waals surface area contributed by atoms with Crippen molar-refractivity contribution in [3.8, 4) is 0 Å². The third-order valence-electron chi connectivity index (χ3n) is 3.69. The molecular weight excluding hydrogens is 220 g/mol. The summed E-state index contributed by atoms with van der Waals surface area (Å²) >= 11 is 0. The van der Waals surface area contributed by atoms with Gasteiger partial charge in [-0.25, -0.2) is 0 Å². The molecule has 2 fully saturated rings. The van der Waals surface area contributed by atoms with Crippen molar-refractivity contribution in [2.75, 3.05) is 26.3 Å². The van der Waals surface area contributed by atoms with Crippen LogP contribution >= 0.6 is 0 Å². The highest BCUT2D eigenvalue weighted by Crippen LogP contribution is 2.19. The largest absolute Gasteiger partial charge is 0.381 e. The highest BCUT2D eigenvalue weighted by atomic mass is 16.5. The fourth-order valence-corrected chi connectivity index (χ4v) is 2.62. The first-order chi connectivity index (χ1) is 8.18. The topological polar surface area (TPSA) is 72.6 Å². The molecule has 0 aromatic heterocycles. The van der Waals surface area contributed by atoms with Crippen molar-refractivity contribution >= 4 is 11.7 Å². The van der Waals surface area contributed by atoms with Crippen LogP contribution in [0.4, 0.5) is 0 Å². The van der Waals surface area contributed by atoms with Gasteiger partial charge in [0.05, 0.1) is 19.2 Å². The molecule has 2 N–H and O–H groups in total. The molecular formula is C12H20N2O3. The lowest BCUT2D eigenvalue weighted by molar-refractivity contribution is -0.129. The highest BCUT2D eigenvalue weighted by Gasteiger charge is 2.31. The van der Waals surface area contributed by atoms with E-state index in [1.165, 1.54) is 0 Å². The van der Waals surface area contributed by atoms with Gasteiger partial charge >= 0.3 is 0 Å². The average molecular weight is 240 g/mol. The van der Waals surface area contributed by atoms with Gasteiger partial charge in [-0.2, -0.15) is 0 Å². The van der Waals surface area contributed by atoms with E-state index in [1.54, 1.807) is 0 Å². The van der Waals surface area contributed by atoms with E-state index in [9.17, 15) is 9.59 Å². The Hall–Kier alpha value is -0.940. The summed E-state index contributed by atoms with van der Waals surface area (Å²) in [5, 5.41) is 0. The van der Waals surface area contributed by atoms with Crippen molar-refractivity contribution in [3.63, 3.8) is 0 Å². The maximum absolute atomic E-state index is 12.0. The molecule has 2 saturated heterocycles. The molecule has 0 aliphatic carbocycles. The SMILES string of the molecule is NC(=O)C1CCCCN1CC(=O)C1CCOC1. The zero-order valence-electron chi connectivity index (χ0n) is 10.1. The molecule has 2 atom stereocenters. The molecule has 0 aromatic rings. The van der Waals surface area contributed by atoms with E-state index in [4.69, 9.17) is 10.5 Å². The molecule has 0 saturated carbocycles. The van der Waals surface area contributed by atoms with Crippen LogP contribution in [0.25, 0.3) is 0 Å². The minimum atomic E-state index is -0.305. The molecule has 0 aromatic carbocycles. The Balaban J connectivity index is 1.90. The van der Waals surface area contributed by atoms with E-state index in [1.807, 2.05) is 4.90 Å². The van der Waals surface area contributed by atoms with Crippen LogP contribution in [0.1, 0.15) is 25.7 Å². The monoisotopic (exact) mass is 240 g/mol. The van der Waals surface area contributed by atoms with E-state index in [0.29, 0.717) is 19.8 Å². The van der Waals surface area contributed by atoms with E-state index in [0.717, 1.165) is 32.2 Å². The molecule has 2 rings (SSSR count). The van der Waals surface area contributed by atoms with E-state index >= 15 is 0 Å². The number of hydrogen-bond acceptors (Lipinski definition) is 4. The number of carbonyl (C=O) groups excluding carboxylic acids is 2. The number of nitrogens with two attached hydrogens (primary N) is 1. The van der Waals surface area contributed by atoms with Crippen LogP contribution in [0.2, 0.25) is 0 Å². The quantitative estimate of drug-likeness (QED) is 0.746. The predicted octanol–water partition coefficient (Wildman–Crippen LogP) is -0.0682. The van der Waals surface area contributed by atoms with Gasteiger partial charge in [0.15, 0.2) is 5.78 Å². The number of ether oxygens (including phenoxy) is 1. The fraction of sp³-hybridized carbons (Fsp3) is 0.833. The van der Waals surface area contributed by atoms with Gasteiger partial charge in [-0.15, -0.1) is 0 Å². The molecule has 0 spiro atoms. The molecule has 2 aliphatic heterocycles.